The third-order valence-electron chi connectivity index (χ3n) is 3.06. The molecule has 21 heavy (non-hydrogen) atoms. The molecule has 1 atom stereocenters. The van der Waals surface area contributed by atoms with E-state index in [4.69, 9.17) is 5.73 Å². The molecule has 0 radical (unpaired) electrons. The van der Waals surface area contributed by atoms with E-state index in [-0.39, 0.29) is 5.56 Å². The van der Waals surface area contributed by atoms with E-state index in [1.54, 1.807) is 20.0 Å². The summed E-state index contributed by atoms with van der Waals surface area (Å²) in [6.45, 7) is 1.56. The van der Waals surface area contributed by atoms with E-state index in [1.165, 1.54) is 24.1 Å². The first-order chi connectivity index (χ1) is 9.77. The number of nitrogen functional groups attached to an aromatic ring is 1. The second-order valence-electron chi connectivity index (χ2n) is 4.44. The SMILES string of the molecule is CNC(=O)NC(=O)C(C)N(C)c1ccc(N)cc1C(=O)O. The fourth-order valence-corrected chi connectivity index (χ4v) is 1.70. The van der Waals surface area contributed by atoms with Gasteiger partial charge in [0.2, 0.25) is 5.91 Å². The molecule has 0 aliphatic rings. The summed E-state index contributed by atoms with van der Waals surface area (Å²) in [6, 6.07) is 3.00. The van der Waals surface area contributed by atoms with Crippen LogP contribution in [0.25, 0.3) is 0 Å². The van der Waals surface area contributed by atoms with Crippen LogP contribution in [-0.4, -0.2) is 43.2 Å². The number of nitrogens with zero attached hydrogens (tertiary/aromatic N) is 1. The minimum absolute atomic E-state index is 0.0166. The van der Waals surface area contributed by atoms with Crippen LogP contribution < -0.4 is 21.3 Å². The Kier molecular flexibility index (Phi) is 5.12. The zero-order valence-corrected chi connectivity index (χ0v) is 12.0. The zero-order valence-electron chi connectivity index (χ0n) is 12.0. The van der Waals surface area contributed by atoms with Crippen LogP contribution in [0, 0.1) is 0 Å². The molecule has 0 aromatic heterocycles. The Morgan fingerprint density at radius 2 is 1.95 bits per heavy atom. The average Bonchev–Trinajstić information content (AvgIpc) is 2.45. The molecule has 3 amide bonds. The third kappa shape index (κ3) is 3.85. The number of anilines is 2. The van der Waals surface area contributed by atoms with E-state index < -0.39 is 23.9 Å². The van der Waals surface area contributed by atoms with Crippen LogP contribution in [0.2, 0.25) is 0 Å². The van der Waals surface area contributed by atoms with Gasteiger partial charge in [-0.3, -0.25) is 10.1 Å². The lowest BCUT2D eigenvalue weighted by Crippen LogP contribution is -2.48. The number of rotatable bonds is 4. The molecule has 0 saturated heterocycles. The molecule has 0 bridgehead atoms. The topological polar surface area (TPSA) is 125 Å². The monoisotopic (exact) mass is 294 g/mol. The number of imide groups is 1. The van der Waals surface area contributed by atoms with Gasteiger partial charge in [0.25, 0.3) is 0 Å². The number of carbonyl (C=O) groups is 3. The second-order valence-corrected chi connectivity index (χ2v) is 4.44. The van der Waals surface area contributed by atoms with Crippen molar-refractivity contribution < 1.29 is 19.5 Å². The molecule has 1 unspecified atom stereocenters. The molecule has 1 rings (SSSR count). The van der Waals surface area contributed by atoms with Crippen LogP contribution in [0.3, 0.4) is 0 Å². The van der Waals surface area contributed by atoms with Gasteiger partial charge in [-0.15, -0.1) is 0 Å². The summed E-state index contributed by atoms with van der Waals surface area (Å²) in [5.41, 5.74) is 6.20. The van der Waals surface area contributed by atoms with E-state index in [2.05, 4.69) is 10.6 Å². The van der Waals surface area contributed by atoms with Crippen LogP contribution >= 0.6 is 0 Å². The number of amides is 3. The number of carboxylic acids is 1. The Morgan fingerprint density at radius 3 is 2.48 bits per heavy atom. The number of hydrogen-bond acceptors (Lipinski definition) is 5. The van der Waals surface area contributed by atoms with Gasteiger partial charge < -0.3 is 21.1 Å². The van der Waals surface area contributed by atoms with Gasteiger partial charge in [-0.1, -0.05) is 0 Å². The second kappa shape index (κ2) is 6.60. The summed E-state index contributed by atoms with van der Waals surface area (Å²) < 4.78 is 0. The standard InChI is InChI=1S/C13H18N4O4/c1-7(11(18)16-13(21)15-2)17(3)10-5-4-8(14)6-9(10)12(19)20/h4-7H,14H2,1-3H3,(H,19,20)(H2,15,16,18,21). The smallest absolute Gasteiger partial charge is 0.337 e. The molecular weight excluding hydrogens is 276 g/mol. The maximum atomic E-state index is 11.9. The lowest BCUT2D eigenvalue weighted by molar-refractivity contribution is -0.120. The maximum Gasteiger partial charge on any atom is 0.337 e. The summed E-state index contributed by atoms with van der Waals surface area (Å²) in [6.07, 6.45) is 0. The van der Waals surface area contributed by atoms with Crippen molar-refractivity contribution in [3.63, 3.8) is 0 Å². The molecule has 8 nitrogen and oxygen atoms in total. The Labute approximate surface area is 121 Å². The summed E-state index contributed by atoms with van der Waals surface area (Å²) in [4.78, 5) is 35.7. The molecular formula is C13H18N4O4. The number of carbonyl (C=O) groups excluding carboxylic acids is 2. The highest BCUT2D eigenvalue weighted by Crippen LogP contribution is 2.24. The molecule has 0 heterocycles. The highest BCUT2D eigenvalue weighted by molar-refractivity contribution is 6.00. The van der Waals surface area contributed by atoms with Gasteiger partial charge >= 0.3 is 12.0 Å². The first-order valence-corrected chi connectivity index (χ1v) is 6.16. The van der Waals surface area contributed by atoms with Crippen molar-refractivity contribution in [3.05, 3.63) is 23.8 Å². The first kappa shape index (κ1) is 16.3. The van der Waals surface area contributed by atoms with Gasteiger partial charge in [-0.2, -0.15) is 0 Å². The number of aromatic carboxylic acids is 1. The van der Waals surface area contributed by atoms with E-state index >= 15 is 0 Å². The largest absolute Gasteiger partial charge is 0.478 e. The maximum absolute atomic E-state index is 11.9. The molecule has 114 valence electrons. The first-order valence-electron chi connectivity index (χ1n) is 6.16. The number of nitrogens with two attached hydrogens (primary N) is 1. The molecule has 5 N–H and O–H groups in total. The number of benzene rings is 1. The molecule has 1 aromatic rings. The number of nitrogens with one attached hydrogen (secondary N) is 2. The van der Waals surface area contributed by atoms with Gasteiger partial charge in [0.1, 0.15) is 6.04 Å². The van der Waals surface area contributed by atoms with Crippen molar-refractivity contribution in [3.8, 4) is 0 Å². The molecule has 0 saturated carbocycles. The average molecular weight is 294 g/mol. The number of urea groups is 1. The van der Waals surface area contributed by atoms with Gasteiger partial charge in [0, 0.05) is 19.8 Å². The summed E-state index contributed by atoms with van der Waals surface area (Å²) in [7, 11) is 2.95. The van der Waals surface area contributed by atoms with E-state index in [9.17, 15) is 19.5 Å². The van der Waals surface area contributed by atoms with Crippen molar-refractivity contribution in [1.82, 2.24) is 10.6 Å². The highest BCUT2D eigenvalue weighted by atomic mass is 16.4. The van der Waals surface area contributed by atoms with Gasteiger partial charge in [0.05, 0.1) is 11.3 Å². The predicted molar refractivity (Wildman–Crippen MR) is 78.3 cm³/mol. The van der Waals surface area contributed by atoms with Crippen molar-refractivity contribution in [1.29, 1.82) is 0 Å². The minimum Gasteiger partial charge on any atom is -0.478 e. The lowest BCUT2D eigenvalue weighted by Gasteiger charge is -2.27. The van der Waals surface area contributed by atoms with Crippen molar-refractivity contribution in [2.75, 3.05) is 24.7 Å². The van der Waals surface area contributed by atoms with E-state index in [1.807, 2.05) is 0 Å². The predicted octanol–water partition coefficient (Wildman–Crippen LogP) is 0.247. The van der Waals surface area contributed by atoms with E-state index in [0.29, 0.717) is 11.4 Å². The summed E-state index contributed by atoms with van der Waals surface area (Å²) in [5, 5.41) is 13.6. The van der Waals surface area contributed by atoms with E-state index in [0.717, 1.165) is 0 Å². The van der Waals surface area contributed by atoms with Crippen molar-refractivity contribution in [2.24, 2.45) is 0 Å². The number of hydrogen-bond donors (Lipinski definition) is 4. The molecule has 1 aromatic carbocycles. The molecule has 0 spiro atoms. The van der Waals surface area contributed by atoms with Gasteiger partial charge in [-0.05, 0) is 25.1 Å². The summed E-state index contributed by atoms with van der Waals surface area (Å²) >= 11 is 0. The van der Waals surface area contributed by atoms with Gasteiger partial charge in [0.15, 0.2) is 0 Å². The lowest BCUT2D eigenvalue weighted by atomic mass is 10.1. The van der Waals surface area contributed by atoms with Crippen LogP contribution in [0.15, 0.2) is 18.2 Å². The van der Waals surface area contributed by atoms with Crippen molar-refractivity contribution in [2.45, 2.75) is 13.0 Å². The van der Waals surface area contributed by atoms with Crippen LogP contribution in [0.5, 0.6) is 0 Å². The Balaban J connectivity index is 3.02. The Hall–Kier alpha value is -2.77. The Morgan fingerprint density at radius 1 is 1.33 bits per heavy atom. The molecule has 0 fully saturated rings. The normalized spacial score (nSPS) is 11.4. The minimum atomic E-state index is -1.15. The van der Waals surface area contributed by atoms with Crippen LogP contribution in [-0.2, 0) is 4.79 Å². The summed E-state index contributed by atoms with van der Waals surface area (Å²) in [5.74, 6) is -1.70. The highest BCUT2D eigenvalue weighted by Gasteiger charge is 2.23. The fourth-order valence-electron chi connectivity index (χ4n) is 1.70. The molecule has 8 heteroatoms. The van der Waals surface area contributed by atoms with Crippen LogP contribution in [0.4, 0.5) is 16.2 Å². The fraction of sp³-hybridized carbons (Fsp3) is 0.308. The van der Waals surface area contributed by atoms with Crippen LogP contribution in [0.1, 0.15) is 17.3 Å². The Bertz CT molecular complexity index is 573. The zero-order chi connectivity index (χ0) is 16.2. The van der Waals surface area contributed by atoms with Gasteiger partial charge in [-0.25, -0.2) is 9.59 Å². The quantitative estimate of drug-likeness (QED) is 0.590. The number of carboxylic acid groups (broad SMARTS) is 1. The van der Waals surface area contributed by atoms with Crippen molar-refractivity contribution >= 4 is 29.3 Å². The third-order valence-corrected chi connectivity index (χ3v) is 3.06. The molecule has 0 aliphatic carbocycles. The number of likely N-dealkylation sites (N-methyl/N-ethyl adjacent to an activating group) is 1. The molecule has 0 aliphatic heterocycles.